The predicted octanol–water partition coefficient (Wildman–Crippen LogP) is 2.46. The van der Waals surface area contributed by atoms with Gasteiger partial charge in [-0.3, -0.25) is 10.1 Å². The summed E-state index contributed by atoms with van der Waals surface area (Å²) in [5.41, 5.74) is -0.127. The Labute approximate surface area is 110 Å². The van der Waals surface area contributed by atoms with E-state index in [1.165, 1.54) is 12.3 Å². The highest BCUT2D eigenvalue weighted by atomic mass is 35.5. The van der Waals surface area contributed by atoms with Gasteiger partial charge >= 0.3 is 5.69 Å². The lowest BCUT2D eigenvalue weighted by atomic mass is 10.1. The maximum atomic E-state index is 10.8. The molecule has 0 aliphatic heterocycles. The lowest BCUT2D eigenvalue weighted by Gasteiger charge is -2.09. The molecule has 0 fully saturated rings. The molecule has 0 saturated carbocycles. The summed E-state index contributed by atoms with van der Waals surface area (Å²) in [7, 11) is 0. The molecule has 18 heavy (non-hydrogen) atoms. The molecule has 2 N–H and O–H groups in total. The number of aromatic nitrogens is 1. The van der Waals surface area contributed by atoms with Crippen LogP contribution in [0, 0.1) is 16.0 Å². The van der Waals surface area contributed by atoms with Crippen molar-refractivity contribution in [3.63, 3.8) is 0 Å². The van der Waals surface area contributed by atoms with E-state index in [4.69, 9.17) is 16.7 Å². The van der Waals surface area contributed by atoms with Crippen molar-refractivity contribution >= 4 is 23.1 Å². The minimum absolute atomic E-state index is 0.127. The first-order valence-corrected chi connectivity index (χ1v) is 6.07. The van der Waals surface area contributed by atoms with Gasteiger partial charge in [0.2, 0.25) is 5.82 Å². The number of rotatable bonds is 7. The minimum Gasteiger partial charge on any atom is -0.396 e. The second kappa shape index (κ2) is 7.13. The van der Waals surface area contributed by atoms with Crippen molar-refractivity contribution in [3.8, 4) is 0 Å². The van der Waals surface area contributed by atoms with E-state index in [0.717, 1.165) is 12.8 Å². The molecule has 1 aromatic rings. The molecule has 0 aliphatic rings. The standard InChI is InChI=1S/C11H16ClN3O3/c1-8(7-16)3-2-4-13-11-10(15(17)18)5-9(12)6-14-11/h5-6,8,16H,2-4,7H2,1H3,(H,13,14). The van der Waals surface area contributed by atoms with Gasteiger partial charge in [0.25, 0.3) is 0 Å². The first-order chi connectivity index (χ1) is 8.54. The summed E-state index contributed by atoms with van der Waals surface area (Å²) in [4.78, 5) is 14.2. The Morgan fingerprint density at radius 1 is 1.67 bits per heavy atom. The monoisotopic (exact) mass is 273 g/mol. The number of aliphatic hydroxyl groups is 1. The lowest BCUT2D eigenvalue weighted by molar-refractivity contribution is -0.384. The lowest BCUT2D eigenvalue weighted by Crippen LogP contribution is -2.08. The van der Waals surface area contributed by atoms with Gasteiger partial charge in [-0.15, -0.1) is 0 Å². The molecule has 1 heterocycles. The number of nitrogens with zero attached hydrogens (tertiary/aromatic N) is 2. The van der Waals surface area contributed by atoms with Crippen LogP contribution in [-0.4, -0.2) is 28.2 Å². The smallest absolute Gasteiger partial charge is 0.312 e. The molecular formula is C11H16ClN3O3. The fraction of sp³-hybridized carbons (Fsp3) is 0.545. The molecule has 0 saturated heterocycles. The van der Waals surface area contributed by atoms with E-state index in [0.29, 0.717) is 6.54 Å². The average molecular weight is 274 g/mol. The Bertz CT molecular complexity index is 415. The largest absolute Gasteiger partial charge is 0.396 e. The molecule has 100 valence electrons. The van der Waals surface area contributed by atoms with Gasteiger partial charge in [-0.05, 0) is 18.8 Å². The van der Waals surface area contributed by atoms with E-state index >= 15 is 0 Å². The van der Waals surface area contributed by atoms with Crippen molar-refractivity contribution in [1.29, 1.82) is 0 Å². The zero-order valence-corrected chi connectivity index (χ0v) is 10.9. The van der Waals surface area contributed by atoms with Crippen LogP contribution in [0.3, 0.4) is 0 Å². The van der Waals surface area contributed by atoms with Crippen LogP contribution in [0.25, 0.3) is 0 Å². The van der Waals surface area contributed by atoms with E-state index < -0.39 is 4.92 Å². The summed E-state index contributed by atoms with van der Waals surface area (Å²) >= 11 is 5.66. The Kier molecular flexibility index (Phi) is 5.80. The molecular weight excluding hydrogens is 258 g/mol. The third kappa shape index (κ3) is 4.46. The normalized spacial score (nSPS) is 12.2. The van der Waals surface area contributed by atoms with Gasteiger partial charge in [-0.2, -0.15) is 0 Å². The molecule has 0 aliphatic carbocycles. The SMILES string of the molecule is CC(CO)CCCNc1ncc(Cl)cc1[N+](=O)[O-]. The van der Waals surface area contributed by atoms with Gasteiger partial charge in [0.05, 0.1) is 9.95 Å². The quantitative estimate of drug-likeness (QED) is 0.453. The maximum Gasteiger partial charge on any atom is 0.312 e. The first kappa shape index (κ1) is 14.7. The Hall–Kier alpha value is -1.40. The van der Waals surface area contributed by atoms with Crippen molar-refractivity contribution in [1.82, 2.24) is 4.98 Å². The van der Waals surface area contributed by atoms with Crippen LogP contribution in [0.1, 0.15) is 19.8 Å². The summed E-state index contributed by atoms with van der Waals surface area (Å²) in [5.74, 6) is 0.459. The zero-order valence-electron chi connectivity index (χ0n) is 10.1. The van der Waals surface area contributed by atoms with Crippen molar-refractivity contribution in [2.45, 2.75) is 19.8 Å². The molecule has 6 nitrogen and oxygen atoms in total. The predicted molar refractivity (Wildman–Crippen MR) is 69.9 cm³/mol. The number of halogens is 1. The van der Waals surface area contributed by atoms with Crippen LogP contribution in [0.15, 0.2) is 12.3 Å². The molecule has 1 aromatic heterocycles. The number of hydrogen-bond acceptors (Lipinski definition) is 5. The Balaban J connectivity index is 2.54. The van der Waals surface area contributed by atoms with Crippen LogP contribution in [0.2, 0.25) is 5.02 Å². The van der Waals surface area contributed by atoms with Gasteiger partial charge in [0.1, 0.15) is 0 Å². The van der Waals surface area contributed by atoms with E-state index in [1.807, 2.05) is 6.92 Å². The van der Waals surface area contributed by atoms with Crippen LogP contribution in [0.4, 0.5) is 11.5 Å². The highest BCUT2D eigenvalue weighted by Crippen LogP contribution is 2.24. The van der Waals surface area contributed by atoms with Crippen LogP contribution >= 0.6 is 11.6 Å². The van der Waals surface area contributed by atoms with E-state index in [1.54, 1.807) is 0 Å². The number of hydrogen-bond donors (Lipinski definition) is 2. The molecule has 0 spiro atoms. The summed E-state index contributed by atoms with van der Waals surface area (Å²) in [6, 6.07) is 1.27. The molecule has 0 amide bonds. The maximum absolute atomic E-state index is 10.8. The fourth-order valence-electron chi connectivity index (χ4n) is 1.45. The number of nitro groups is 1. The third-order valence-corrected chi connectivity index (χ3v) is 2.72. The summed E-state index contributed by atoms with van der Waals surface area (Å²) in [5, 5.41) is 22.8. The second-order valence-corrected chi connectivity index (χ2v) is 4.57. The van der Waals surface area contributed by atoms with Crippen molar-refractivity contribution in [3.05, 3.63) is 27.4 Å². The van der Waals surface area contributed by atoms with Gasteiger partial charge in [-0.1, -0.05) is 18.5 Å². The van der Waals surface area contributed by atoms with Crippen LogP contribution in [0.5, 0.6) is 0 Å². The molecule has 0 bridgehead atoms. The molecule has 0 aromatic carbocycles. The number of anilines is 1. The first-order valence-electron chi connectivity index (χ1n) is 5.69. The van der Waals surface area contributed by atoms with E-state index in [9.17, 15) is 10.1 Å². The summed E-state index contributed by atoms with van der Waals surface area (Å²) < 4.78 is 0. The Morgan fingerprint density at radius 3 is 3.00 bits per heavy atom. The molecule has 0 radical (unpaired) electrons. The van der Waals surface area contributed by atoms with Crippen LogP contribution < -0.4 is 5.32 Å². The molecule has 1 unspecified atom stereocenters. The van der Waals surface area contributed by atoms with Crippen molar-refractivity contribution in [2.24, 2.45) is 5.92 Å². The number of nitrogens with one attached hydrogen (secondary N) is 1. The molecule has 1 rings (SSSR count). The van der Waals surface area contributed by atoms with Crippen LogP contribution in [-0.2, 0) is 0 Å². The average Bonchev–Trinajstić information content (AvgIpc) is 2.35. The number of aliphatic hydroxyl groups excluding tert-OH is 1. The van der Waals surface area contributed by atoms with Gasteiger partial charge in [0.15, 0.2) is 0 Å². The van der Waals surface area contributed by atoms with E-state index in [-0.39, 0.29) is 29.1 Å². The third-order valence-electron chi connectivity index (χ3n) is 2.51. The molecule has 7 heteroatoms. The fourth-order valence-corrected chi connectivity index (χ4v) is 1.60. The highest BCUT2D eigenvalue weighted by molar-refractivity contribution is 6.30. The summed E-state index contributed by atoms with van der Waals surface area (Å²) in [6.45, 7) is 2.67. The van der Waals surface area contributed by atoms with E-state index in [2.05, 4.69) is 10.3 Å². The molecule has 1 atom stereocenters. The van der Waals surface area contributed by atoms with Gasteiger partial charge in [-0.25, -0.2) is 4.98 Å². The Morgan fingerprint density at radius 2 is 2.39 bits per heavy atom. The van der Waals surface area contributed by atoms with Crippen molar-refractivity contribution in [2.75, 3.05) is 18.5 Å². The zero-order chi connectivity index (χ0) is 13.5. The van der Waals surface area contributed by atoms with Crippen molar-refractivity contribution < 1.29 is 10.0 Å². The minimum atomic E-state index is -0.516. The van der Waals surface area contributed by atoms with Gasteiger partial charge in [0, 0.05) is 25.4 Å². The number of pyridine rings is 1. The van der Waals surface area contributed by atoms with Gasteiger partial charge < -0.3 is 10.4 Å². The second-order valence-electron chi connectivity index (χ2n) is 4.14. The topological polar surface area (TPSA) is 88.3 Å². The highest BCUT2D eigenvalue weighted by Gasteiger charge is 2.15. The summed E-state index contributed by atoms with van der Waals surface area (Å²) in [6.07, 6.45) is 3.03.